The summed E-state index contributed by atoms with van der Waals surface area (Å²) in [5.74, 6) is 0. The van der Waals surface area contributed by atoms with Crippen molar-refractivity contribution in [3.05, 3.63) is 48.5 Å². The van der Waals surface area contributed by atoms with Gasteiger partial charge in [-0.3, -0.25) is 0 Å². The topological polar surface area (TPSA) is 0 Å². The largest absolute Gasteiger partial charge is 0.180 e. The minimum Gasteiger partial charge on any atom is -0.162 e. The van der Waals surface area contributed by atoms with Gasteiger partial charge in [-0.05, 0) is 10.4 Å². The van der Waals surface area contributed by atoms with Crippen molar-refractivity contribution < 1.29 is 0 Å². The molecule has 2 aromatic rings. The van der Waals surface area contributed by atoms with Crippen LogP contribution in [0.5, 0.6) is 0 Å². The van der Waals surface area contributed by atoms with E-state index in [1.54, 1.807) is 0 Å². The molecule has 0 atom stereocenters. The molecule has 0 bridgehead atoms. The lowest BCUT2D eigenvalue weighted by atomic mass is 10.3. The molecule has 2 rings (SSSR count). The van der Waals surface area contributed by atoms with Crippen molar-refractivity contribution in [2.24, 2.45) is 0 Å². The van der Waals surface area contributed by atoms with E-state index in [9.17, 15) is 0 Å². The van der Waals surface area contributed by atoms with E-state index >= 15 is 0 Å². The van der Waals surface area contributed by atoms with Crippen LogP contribution in [0.3, 0.4) is 0 Å². The summed E-state index contributed by atoms with van der Waals surface area (Å²) < 4.78 is 0. The molecule has 5 heteroatoms. The van der Waals surface area contributed by atoms with Gasteiger partial charge < -0.3 is 0 Å². The van der Waals surface area contributed by atoms with Crippen LogP contribution < -0.4 is 20.7 Å². The third kappa shape index (κ3) is 4.40. The highest BCUT2D eigenvalue weighted by atomic mass is 35.6. The quantitative estimate of drug-likeness (QED) is 0.544. The molecule has 0 nitrogen and oxygen atoms in total. The van der Waals surface area contributed by atoms with Crippen molar-refractivity contribution in [2.75, 3.05) is 0 Å². The van der Waals surface area contributed by atoms with E-state index in [1.165, 1.54) is 20.7 Å². The van der Waals surface area contributed by atoms with Crippen LogP contribution in [0.4, 0.5) is 0 Å². The molecular formula is C18H26Cl2Si3. The molecule has 2 aromatic carbocycles. The molecule has 0 fully saturated rings. The Morgan fingerprint density at radius 1 is 0.478 bits per heavy atom. The second-order valence-corrected chi connectivity index (χ2v) is 24.8. The van der Waals surface area contributed by atoms with Gasteiger partial charge in [-0.2, -0.15) is 22.2 Å². The third-order valence-electron chi connectivity index (χ3n) is 4.59. The molecule has 0 saturated carbocycles. The number of rotatable bonds is 4. The zero-order chi connectivity index (χ0) is 17.5. The van der Waals surface area contributed by atoms with Crippen LogP contribution >= 0.6 is 22.2 Å². The number of benzene rings is 2. The van der Waals surface area contributed by atoms with Gasteiger partial charge in [0.1, 0.15) is 8.07 Å². The van der Waals surface area contributed by atoms with Crippen LogP contribution in [0.25, 0.3) is 0 Å². The Kier molecular flexibility index (Phi) is 5.39. The van der Waals surface area contributed by atoms with Gasteiger partial charge in [0.05, 0.1) is 0 Å². The number of hydrogen-bond donors (Lipinski definition) is 0. The first-order valence-electron chi connectivity index (χ1n) is 8.02. The predicted octanol–water partition coefficient (Wildman–Crippen LogP) is 3.81. The average molecular weight is 398 g/mol. The highest BCUT2D eigenvalue weighted by Gasteiger charge is 2.28. The van der Waals surface area contributed by atoms with Crippen LogP contribution in [-0.2, 0) is 0 Å². The minimum atomic E-state index is -1.75. The summed E-state index contributed by atoms with van der Waals surface area (Å²) in [6.45, 7) is 13.5. The standard InChI is InChI=1S/C18H26Cl2Si3/c1-21(2,15-7-11-17(12-8-15)22(3,4)19)16-9-13-18(14-10-16)23(5,6)20/h7-14H,1-6H3. The van der Waals surface area contributed by atoms with Crippen molar-refractivity contribution in [1.29, 1.82) is 0 Å². The molecule has 0 aromatic heterocycles. The summed E-state index contributed by atoms with van der Waals surface area (Å²) >= 11 is 13.1. The fraction of sp³-hybridized carbons (Fsp3) is 0.333. The first-order valence-corrected chi connectivity index (χ1v) is 19.0. The van der Waals surface area contributed by atoms with Gasteiger partial charge in [0.15, 0.2) is 14.8 Å². The van der Waals surface area contributed by atoms with Gasteiger partial charge in [0.2, 0.25) is 0 Å². The Hall–Kier alpha value is -0.329. The van der Waals surface area contributed by atoms with E-state index in [-0.39, 0.29) is 0 Å². The molecule has 0 radical (unpaired) electrons. The van der Waals surface area contributed by atoms with Gasteiger partial charge >= 0.3 is 0 Å². The van der Waals surface area contributed by atoms with Crippen molar-refractivity contribution in [3.63, 3.8) is 0 Å². The van der Waals surface area contributed by atoms with E-state index in [1.807, 2.05) is 0 Å². The second kappa shape index (κ2) is 6.52. The van der Waals surface area contributed by atoms with Crippen molar-refractivity contribution in [2.45, 2.75) is 39.3 Å². The molecule has 0 amide bonds. The lowest BCUT2D eigenvalue weighted by molar-refractivity contribution is 1.68. The zero-order valence-electron chi connectivity index (χ0n) is 14.9. The molecular weight excluding hydrogens is 371 g/mol. The van der Waals surface area contributed by atoms with Crippen LogP contribution in [0.2, 0.25) is 39.3 Å². The summed E-state index contributed by atoms with van der Waals surface area (Å²) in [7, 11) is -5.17. The molecule has 0 unspecified atom stereocenters. The molecule has 0 saturated heterocycles. The van der Waals surface area contributed by atoms with Crippen molar-refractivity contribution in [3.8, 4) is 0 Å². The first-order chi connectivity index (χ1) is 10.4. The van der Waals surface area contributed by atoms with Crippen LogP contribution in [0.1, 0.15) is 0 Å². The lowest BCUT2D eigenvalue weighted by Crippen LogP contribution is -2.54. The SMILES string of the molecule is C[Si](C)(Cl)c1ccc([Si](C)(C)c2ccc([Si](C)(C)Cl)cc2)cc1. The Morgan fingerprint density at radius 2 is 0.696 bits per heavy atom. The Balaban J connectivity index is 2.34. The molecule has 0 N–H and O–H groups in total. The monoisotopic (exact) mass is 396 g/mol. The van der Waals surface area contributed by atoms with Gasteiger partial charge in [-0.25, -0.2) is 0 Å². The van der Waals surface area contributed by atoms with Crippen molar-refractivity contribution >= 4 is 65.7 Å². The molecule has 23 heavy (non-hydrogen) atoms. The highest BCUT2D eigenvalue weighted by molar-refractivity contribution is 7.26. The second-order valence-electron chi connectivity index (χ2n) is 7.72. The Labute approximate surface area is 153 Å². The smallest absolute Gasteiger partial charge is 0.162 e. The predicted molar refractivity (Wildman–Crippen MR) is 116 cm³/mol. The van der Waals surface area contributed by atoms with Gasteiger partial charge in [-0.1, -0.05) is 98.2 Å². The van der Waals surface area contributed by atoms with Gasteiger partial charge in [-0.15, -0.1) is 0 Å². The maximum Gasteiger partial charge on any atom is 0.180 e. The van der Waals surface area contributed by atoms with Crippen LogP contribution in [0.15, 0.2) is 48.5 Å². The third-order valence-corrected chi connectivity index (χ3v) is 12.9. The van der Waals surface area contributed by atoms with E-state index in [0.29, 0.717) is 0 Å². The fourth-order valence-electron chi connectivity index (χ4n) is 2.73. The minimum absolute atomic E-state index is 1.30. The highest BCUT2D eigenvalue weighted by Crippen LogP contribution is 2.11. The summed E-state index contributed by atoms with van der Waals surface area (Å²) in [6.07, 6.45) is 0. The summed E-state index contributed by atoms with van der Waals surface area (Å²) in [5.41, 5.74) is 0. The Morgan fingerprint density at radius 3 is 0.913 bits per heavy atom. The van der Waals surface area contributed by atoms with Crippen LogP contribution in [0, 0.1) is 0 Å². The fourth-order valence-corrected chi connectivity index (χ4v) is 7.74. The molecule has 0 aliphatic heterocycles. The summed E-state index contributed by atoms with van der Waals surface area (Å²) in [4.78, 5) is 0. The molecule has 0 aliphatic carbocycles. The van der Waals surface area contributed by atoms with E-state index in [2.05, 4.69) is 87.8 Å². The average Bonchev–Trinajstić information content (AvgIpc) is 2.46. The molecule has 124 valence electrons. The molecule has 0 spiro atoms. The zero-order valence-corrected chi connectivity index (χ0v) is 19.4. The van der Waals surface area contributed by atoms with E-state index < -0.39 is 22.8 Å². The Bertz CT molecular complexity index is 604. The summed E-state index contributed by atoms with van der Waals surface area (Å²) in [6, 6.07) is 18.1. The summed E-state index contributed by atoms with van der Waals surface area (Å²) in [5, 5.41) is 5.51. The normalized spacial score (nSPS) is 13.2. The van der Waals surface area contributed by atoms with Gasteiger partial charge in [0, 0.05) is 0 Å². The molecule has 0 aliphatic rings. The number of hydrogen-bond acceptors (Lipinski definition) is 0. The molecule has 0 heterocycles. The lowest BCUT2D eigenvalue weighted by Gasteiger charge is -2.26. The maximum atomic E-state index is 6.54. The number of halogens is 2. The van der Waals surface area contributed by atoms with E-state index in [4.69, 9.17) is 22.2 Å². The van der Waals surface area contributed by atoms with E-state index in [0.717, 1.165) is 0 Å². The first kappa shape index (κ1) is 19.0. The van der Waals surface area contributed by atoms with Crippen LogP contribution in [-0.4, -0.2) is 22.8 Å². The maximum absolute atomic E-state index is 6.54. The van der Waals surface area contributed by atoms with Gasteiger partial charge in [0.25, 0.3) is 0 Å². The van der Waals surface area contributed by atoms with Crippen molar-refractivity contribution in [1.82, 2.24) is 0 Å².